The van der Waals surface area contributed by atoms with Gasteiger partial charge in [-0.05, 0) is 160 Å². The third kappa shape index (κ3) is 6.39. The molecule has 1 saturated heterocycles. The molecule has 6 nitrogen and oxygen atoms in total. The molecule has 0 unspecified atom stereocenters. The highest BCUT2D eigenvalue weighted by atomic mass is 16.5. The van der Waals surface area contributed by atoms with E-state index in [4.69, 9.17) is 4.74 Å². The van der Waals surface area contributed by atoms with Gasteiger partial charge in [0, 0.05) is 37.3 Å². The third-order valence-corrected chi connectivity index (χ3v) is 18.3. The first-order valence-electron chi connectivity index (χ1n) is 21.8. The lowest BCUT2D eigenvalue weighted by atomic mass is 9.32. The molecule has 296 valence electrons. The summed E-state index contributed by atoms with van der Waals surface area (Å²) in [5, 5.41) is 9.64. The van der Waals surface area contributed by atoms with Gasteiger partial charge in [-0.15, -0.1) is 0 Å². The zero-order chi connectivity index (χ0) is 38.2. The summed E-state index contributed by atoms with van der Waals surface area (Å²) >= 11 is 0. The molecule has 1 N–H and O–H groups in total. The van der Waals surface area contributed by atoms with Crippen molar-refractivity contribution in [2.24, 2.45) is 68.0 Å². The number of carboxylic acids is 1. The van der Waals surface area contributed by atoms with Gasteiger partial charge in [-0.3, -0.25) is 14.5 Å². The summed E-state index contributed by atoms with van der Waals surface area (Å²) in [6.45, 7) is 27.1. The Morgan fingerprint density at radius 2 is 1.53 bits per heavy atom. The number of carbonyl (C=O) groups excluding carboxylic acids is 1. The van der Waals surface area contributed by atoms with Crippen molar-refractivity contribution in [3.63, 3.8) is 0 Å². The summed E-state index contributed by atoms with van der Waals surface area (Å²) in [7, 11) is 0. The maximum absolute atomic E-state index is 13.1. The molecule has 0 amide bonds. The average Bonchev–Trinajstić information content (AvgIpc) is 3.49. The number of ether oxygens (including phenoxy) is 1. The van der Waals surface area contributed by atoms with Crippen molar-refractivity contribution in [2.45, 2.75) is 145 Å². The van der Waals surface area contributed by atoms with Crippen molar-refractivity contribution < 1.29 is 19.4 Å². The van der Waals surface area contributed by atoms with E-state index in [1.807, 2.05) is 0 Å². The van der Waals surface area contributed by atoms with Crippen molar-refractivity contribution in [3.8, 4) is 0 Å². The number of anilines is 1. The standard InChI is InChI=1S/C47H74N2O4/c1-32(2)34-17-22-47(25-26-48-27-29-49(30-28-48)33-13-11-10-12-14-33)24-23-45(8)35(40(34)47)15-16-37-44(7)20-19-38(53-39(50)31-42(3,4)41(51)52)43(5,6)36(44)18-21-46(37,45)9/h10-14,32,34-38,40H,15-31H2,1-9H3,(H,51,52)/t34-,35+,36-,37+,38-,40+,44-,45+,46+,47+/m0/s1. The average molecular weight is 731 g/mol. The van der Waals surface area contributed by atoms with E-state index in [0.29, 0.717) is 28.1 Å². The zero-order valence-electron chi connectivity index (χ0n) is 35.0. The Labute approximate surface area is 322 Å². The molecule has 1 aromatic rings. The number of hydrogen-bond acceptors (Lipinski definition) is 5. The normalized spacial score (nSPS) is 41.2. The van der Waals surface area contributed by atoms with Crippen LogP contribution in [0, 0.1) is 68.0 Å². The SMILES string of the molecule is CC(C)[C@@H]1CC[C@]2(CCN3CCN(c4ccccc4)CC3)CC[C@]3(C)[C@H](CC[C@@H]4[C@@]5(C)CC[C@H](OC(=O)CC(C)(C)C(=O)O)C(C)(C)[C@@H]5CC[C@]43C)[C@@H]12. The first-order chi connectivity index (χ1) is 24.9. The van der Waals surface area contributed by atoms with Gasteiger partial charge in [0.05, 0.1) is 11.8 Å². The first kappa shape index (κ1) is 39.2. The van der Waals surface area contributed by atoms with Crippen LogP contribution in [0.2, 0.25) is 0 Å². The fraction of sp³-hybridized carbons (Fsp3) is 0.830. The maximum atomic E-state index is 13.1. The number of carbonyl (C=O) groups is 2. The summed E-state index contributed by atoms with van der Waals surface area (Å²) in [4.78, 5) is 30.3. The lowest BCUT2D eigenvalue weighted by molar-refractivity contribution is -0.252. The lowest BCUT2D eigenvalue weighted by Crippen LogP contribution is -2.67. The van der Waals surface area contributed by atoms with E-state index in [2.05, 4.69) is 88.6 Å². The molecule has 1 heterocycles. The van der Waals surface area contributed by atoms with E-state index in [9.17, 15) is 14.7 Å². The van der Waals surface area contributed by atoms with Crippen LogP contribution in [-0.4, -0.2) is 60.8 Å². The van der Waals surface area contributed by atoms with Crippen LogP contribution >= 0.6 is 0 Å². The number of nitrogens with zero attached hydrogens (tertiary/aromatic N) is 2. The molecule has 0 spiro atoms. The van der Waals surface area contributed by atoms with Gasteiger partial charge in [0.15, 0.2) is 0 Å². The van der Waals surface area contributed by atoms with Crippen molar-refractivity contribution in [1.29, 1.82) is 0 Å². The Morgan fingerprint density at radius 3 is 2.19 bits per heavy atom. The topological polar surface area (TPSA) is 70.1 Å². The number of fused-ring (bicyclic) bond motifs is 7. The van der Waals surface area contributed by atoms with Crippen LogP contribution in [0.15, 0.2) is 30.3 Å². The van der Waals surface area contributed by atoms with Crippen LogP contribution < -0.4 is 4.90 Å². The number of esters is 1. The van der Waals surface area contributed by atoms with E-state index in [1.165, 1.54) is 83.1 Å². The highest BCUT2D eigenvalue weighted by Crippen LogP contribution is 2.78. The van der Waals surface area contributed by atoms with E-state index < -0.39 is 11.4 Å². The van der Waals surface area contributed by atoms with Gasteiger partial charge in [-0.1, -0.05) is 66.7 Å². The summed E-state index contributed by atoms with van der Waals surface area (Å²) < 4.78 is 6.23. The molecule has 0 radical (unpaired) electrons. The lowest BCUT2D eigenvalue weighted by Gasteiger charge is -2.73. The van der Waals surface area contributed by atoms with Gasteiger partial charge in [0.1, 0.15) is 6.10 Å². The van der Waals surface area contributed by atoms with E-state index in [1.54, 1.807) is 13.8 Å². The van der Waals surface area contributed by atoms with Crippen molar-refractivity contribution in [2.75, 3.05) is 37.6 Å². The second-order valence-corrected chi connectivity index (χ2v) is 21.6. The monoisotopic (exact) mass is 731 g/mol. The Hall–Kier alpha value is -2.08. The Balaban J connectivity index is 1.07. The minimum absolute atomic E-state index is 0.0811. The van der Waals surface area contributed by atoms with Crippen LogP contribution in [0.1, 0.15) is 139 Å². The number of piperazine rings is 1. The third-order valence-electron chi connectivity index (χ3n) is 18.3. The largest absolute Gasteiger partial charge is 0.481 e. The van der Waals surface area contributed by atoms with Crippen LogP contribution in [0.3, 0.4) is 0 Å². The molecular formula is C47H74N2O4. The van der Waals surface area contributed by atoms with Gasteiger partial charge >= 0.3 is 11.9 Å². The molecule has 53 heavy (non-hydrogen) atoms. The molecule has 0 bridgehead atoms. The van der Waals surface area contributed by atoms with Gasteiger partial charge < -0.3 is 14.7 Å². The molecule has 5 saturated carbocycles. The van der Waals surface area contributed by atoms with Crippen LogP contribution in [-0.2, 0) is 14.3 Å². The van der Waals surface area contributed by atoms with Gasteiger partial charge in [-0.2, -0.15) is 0 Å². The molecule has 1 aromatic carbocycles. The second-order valence-electron chi connectivity index (χ2n) is 21.6. The summed E-state index contributed by atoms with van der Waals surface area (Å²) in [5.74, 6) is 3.12. The number of hydrogen-bond donors (Lipinski definition) is 1. The Bertz CT molecular complexity index is 1500. The predicted molar refractivity (Wildman–Crippen MR) is 215 cm³/mol. The summed E-state index contributed by atoms with van der Waals surface area (Å²) in [6, 6.07) is 11.0. The molecule has 5 aliphatic carbocycles. The minimum atomic E-state index is -1.12. The van der Waals surface area contributed by atoms with Crippen LogP contribution in [0.4, 0.5) is 5.69 Å². The molecule has 6 fully saturated rings. The first-order valence-corrected chi connectivity index (χ1v) is 21.8. The van der Waals surface area contributed by atoms with Gasteiger partial charge in [0.25, 0.3) is 0 Å². The van der Waals surface area contributed by atoms with E-state index >= 15 is 0 Å². The van der Waals surface area contributed by atoms with Gasteiger partial charge in [-0.25, -0.2) is 0 Å². The van der Waals surface area contributed by atoms with Gasteiger partial charge in [0.2, 0.25) is 0 Å². The zero-order valence-corrected chi connectivity index (χ0v) is 35.0. The maximum Gasteiger partial charge on any atom is 0.309 e. The predicted octanol–water partition coefficient (Wildman–Crippen LogP) is 10.3. The number of rotatable bonds is 9. The molecule has 6 aliphatic rings. The smallest absolute Gasteiger partial charge is 0.309 e. The number of benzene rings is 1. The number of aliphatic carboxylic acids is 1. The number of para-hydroxylation sites is 1. The fourth-order valence-electron chi connectivity index (χ4n) is 15.0. The van der Waals surface area contributed by atoms with E-state index in [0.717, 1.165) is 49.6 Å². The fourth-order valence-corrected chi connectivity index (χ4v) is 15.0. The molecular weight excluding hydrogens is 657 g/mol. The Morgan fingerprint density at radius 1 is 0.830 bits per heavy atom. The highest BCUT2D eigenvalue weighted by Gasteiger charge is 2.71. The minimum Gasteiger partial charge on any atom is -0.481 e. The molecule has 7 rings (SSSR count). The summed E-state index contributed by atoms with van der Waals surface area (Å²) in [6.07, 6.45) is 14.0. The summed E-state index contributed by atoms with van der Waals surface area (Å²) in [5.41, 5.74) is 1.50. The molecule has 6 heteroatoms. The Kier molecular flexibility index (Phi) is 10.2. The molecule has 10 atom stereocenters. The van der Waals surface area contributed by atoms with Crippen molar-refractivity contribution in [3.05, 3.63) is 30.3 Å². The van der Waals surface area contributed by atoms with Crippen LogP contribution in [0.5, 0.6) is 0 Å². The molecule has 0 aromatic heterocycles. The molecule has 1 aliphatic heterocycles. The quantitative estimate of drug-likeness (QED) is 0.255. The number of carboxylic acid groups (broad SMARTS) is 1. The second kappa shape index (κ2) is 13.8. The van der Waals surface area contributed by atoms with Crippen molar-refractivity contribution >= 4 is 17.6 Å². The highest BCUT2D eigenvalue weighted by molar-refractivity contribution is 5.81. The van der Waals surface area contributed by atoms with Crippen LogP contribution in [0.25, 0.3) is 0 Å². The van der Waals surface area contributed by atoms with Crippen molar-refractivity contribution in [1.82, 2.24) is 4.90 Å². The van der Waals surface area contributed by atoms with E-state index in [-0.39, 0.29) is 29.3 Å².